The van der Waals surface area contributed by atoms with Crippen molar-refractivity contribution in [1.29, 1.82) is 0 Å². The van der Waals surface area contributed by atoms with Gasteiger partial charge in [-0.2, -0.15) is 0 Å². The molecule has 0 bridgehead atoms. The number of nitrogens with one attached hydrogen (secondary N) is 1. The first-order valence-electron chi connectivity index (χ1n) is 8.12. The van der Waals surface area contributed by atoms with Gasteiger partial charge in [-0.05, 0) is 64.1 Å². The molecular formula is C16H30N2O2. The molecule has 0 radical (unpaired) electrons. The van der Waals surface area contributed by atoms with Crippen molar-refractivity contribution in [2.75, 3.05) is 33.8 Å². The van der Waals surface area contributed by atoms with Crippen molar-refractivity contribution in [3.05, 3.63) is 0 Å². The van der Waals surface area contributed by atoms with Crippen molar-refractivity contribution in [2.24, 2.45) is 11.8 Å². The number of nitrogens with zero attached hydrogens (tertiary/aromatic N) is 1. The van der Waals surface area contributed by atoms with E-state index in [-0.39, 0.29) is 5.97 Å². The second kappa shape index (κ2) is 6.90. The Morgan fingerprint density at radius 2 is 2.20 bits per heavy atom. The lowest BCUT2D eigenvalue weighted by molar-refractivity contribution is -0.150. The van der Waals surface area contributed by atoms with Crippen molar-refractivity contribution < 1.29 is 9.53 Å². The summed E-state index contributed by atoms with van der Waals surface area (Å²) in [5.41, 5.74) is -0.434. The molecule has 1 heterocycles. The van der Waals surface area contributed by atoms with Gasteiger partial charge < -0.3 is 15.0 Å². The third-order valence-electron chi connectivity index (χ3n) is 5.35. The highest BCUT2D eigenvalue weighted by atomic mass is 16.5. The van der Waals surface area contributed by atoms with Crippen LogP contribution in [-0.2, 0) is 9.53 Å². The zero-order chi connectivity index (χ0) is 14.6. The van der Waals surface area contributed by atoms with Gasteiger partial charge in [-0.1, -0.05) is 13.3 Å². The minimum Gasteiger partial charge on any atom is -0.468 e. The number of piperidine rings is 1. The number of carbonyl (C=O) groups excluding carboxylic acids is 1. The fraction of sp³-hybridized carbons (Fsp3) is 0.938. The molecule has 2 aliphatic rings. The topological polar surface area (TPSA) is 41.6 Å². The van der Waals surface area contributed by atoms with E-state index < -0.39 is 5.54 Å². The molecule has 4 heteroatoms. The zero-order valence-corrected chi connectivity index (χ0v) is 13.3. The Hall–Kier alpha value is -0.610. The Kier molecular flexibility index (Phi) is 5.44. The van der Waals surface area contributed by atoms with Crippen LogP contribution in [0.3, 0.4) is 0 Å². The fourth-order valence-electron chi connectivity index (χ4n) is 4.18. The molecule has 1 N–H and O–H groups in total. The first kappa shape index (κ1) is 15.8. The summed E-state index contributed by atoms with van der Waals surface area (Å²) in [6.07, 6.45) is 6.96. The lowest BCUT2D eigenvalue weighted by Crippen LogP contribution is -2.54. The molecule has 0 aromatic rings. The third-order valence-corrected chi connectivity index (χ3v) is 5.35. The van der Waals surface area contributed by atoms with Crippen LogP contribution in [0.5, 0.6) is 0 Å². The monoisotopic (exact) mass is 282 g/mol. The van der Waals surface area contributed by atoms with Crippen molar-refractivity contribution in [2.45, 2.75) is 51.0 Å². The van der Waals surface area contributed by atoms with E-state index in [2.05, 4.69) is 17.1 Å². The van der Waals surface area contributed by atoms with E-state index in [1.807, 2.05) is 7.05 Å². The molecule has 116 valence electrons. The average Bonchev–Trinajstić information content (AvgIpc) is 2.88. The molecule has 1 aliphatic heterocycles. The van der Waals surface area contributed by atoms with Gasteiger partial charge in [0, 0.05) is 6.54 Å². The lowest BCUT2D eigenvalue weighted by Gasteiger charge is -2.35. The summed E-state index contributed by atoms with van der Waals surface area (Å²) >= 11 is 0. The molecule has 2 rings (SSSR count). The van der Waals surface area contributed by atoms with Crippen molar-refractivity contribution in [3.63, 3.8) is 0 Å². The summed E-state index contributed by atoms with van der Waals surface area (Å²) in [7, 11) is 3.40. The Morgan fingerprint density at radius 1 is 1.40 bits per heavy atom. The van der Waals surface area contributed by atoms with Gasteiger partial charge in [-0.25, -0.2) is 0 Å². The van der Waals surface area contributed by atoms with E-state index >= 15 is 0 Å². The van der Waals surface area contributed by atoms with Gasteiger partial charge in [-0.15, -0.1) is 0 Å². The number of likely N-dealkylation sites (tertiary alicyclic amines) is 1. The molecule has 2 fully saturated rings. The average molecular weight is 282 g/mol. The normalized spacial score (nSPS) is 35.1. The molecule has 1 saturated carbocycles. The molecule has 1 saturated heterocycles. The summed E-state index contributed by atoms with van der Waals surface area (Å²) in [5.74, 6) is 1.16. The van der Waals surface area contributed by atoms with Crippen LogP contribution in [0.1, 0.15) is 45.4 Å². The molecule has 0 aromatic carbocycles. The minimum absolute atomic E-state index is 0.0745. The Balaban J connectivity index is 1.92. The number of likely N-dealkylation sites (N-methyl/N-ethyl adjacent to an activating group) is 1. The maximum atomic E-state index is 12.2. The van der Waals surface area contributed by atoms with Crippen LogP contribution in [0.25, 0.3) is 0 Å². The van der Waals surface area contributed by atoms with Crippen LogP contribution in [0, 0.1) is 11.8 Å². The minimum atomic E-state index is -0.434. The molecule has 0 spiro atoms. The molecular weight excluding hydrogens is 252 g/mol. The van der Waals surface area contributed by atoms with E-state index in [0.29, 0.717) is 5.92 Å². The Bertz CT molecular complexity index is 334. The fourth-order valence-corrected chi connectivity index (χ4v) is 4.18. The first-order chi connectivity index (χ1) is 9.62. The molecule has 3 atom stereocenters. The molecule has 4 nitrogen and oxygen atoms in total. The van der Waals surface area contributed by atoms with Crippen LogP contribution in [0.2, 0.25) is 0 Å². The number of rotatable bonds is 5. The summed E-state index contributed by atoms with van der Waals surface area (Å²) in [4.78, 5) is 14.8. The van der Waals surface area contributed by atoms with Crippen LogP contribution in [-0.4, -0.2) is 50.2 Å². The number of hydrogen-bond acceptors (Lipinski definition) is 4. The number of carbonyl (C=O) groups is 1. The maximum absolute atomic E-state index is 12.2. The molecule has 3 unspecified atom stereocenters. The molecule has 0 aromatic heterocycles. The summed E-state index contributed by atoms with van der Waals surface area (Å²) in [6, 6.07) is 0. The quantitative estimate of drug-likeness (QED) is 0.784. The smallest absolute Gasteiger partial charge is 0.326 e. The SMILES string of the molecule is CNC1(C(=O)OC)CCCC1CCN1CCCC(C)C1. The zero-order valence-electron chi connectivity index (χ0n) is 13.3. The Morgan fingerprint density at radius 3 is 2.85 bits per heavy atom. The highest BCUT2D eigenvalue weighted by molar-refractivity contribution is 5.81. The number of methoxy groups -OCH3 is 1. The first-order valence-corrected chi connectivity index (χ1v) is 8.12. The Labute approximate surface area is 123 Å². The van der Waals surface area contributed by atoms with E-state index in [9.17, 15) is 4.79 Å². The van der Waals surface area contributed by atoms with Gasteiger partial charge in [0.15, 0.2) is 0 Å². The van der Waals surface area contributed by atoms with Crippen LogP contribution in [0.4, 0.5) is 0 Å². The van der Waals surface area contributed by atoms with E-state index in [1.165, 1.54) is 33.0 Å². The summed E-state index contributed by atoms with van der Waals surface area (Å²) in [5, 5.41) is 3.28. The number of hydrogen-bond donors (Lipinski definition) is 1. The van der Waals surface area contributed by atoms with E-state index in [0.717, 1.165) is 38.1 Å². The van der Waals surface area contributed by atoms with Gasteiger partial charge in [0.2, 0.25) is 0 Å². The van der Waals surface area contributed by atoms with E-state index in [4.69, 9.17) is 4.74 Å². The van der Waals surface area contributed by atoms with Gasteiger partial charge in [0.25, 0.3) is 0 Å². The van der Waals surface area contributed by atoms with Crippen LogP contribution in [0.15, 0.2) is 0 Å². The standard InChI is InChI=1S/C16H30N2O2/c1-13-6-5-10-18(12-13)11-8-14-7-4-9-16(14,17-2)15(19)20-3/h13-14,17H,4-12H2,1-3H3. The second-order valence-corrected chi connectivity index (χ2v) is 6.64. The van der Waals surface area contributed by atoms with Gasteiger partial charge in [0.1, 0.15) is 5.54 Å². The number of ether oxygens (including phenoxy) is 1. The van der Waals surface area contributed by atoms with Crippen molar-refractivity contribution in [1.82, 2.24) is 10.2 Å². The van der Waals surface area contributed by atoms with E-state index in [1.54, 1.807) is 0 Å². The van der Waals surface area contributed by atoms with Gasteiger partial charge in [-0.3, -0.25) is 4.79 Å². The molecule has 0 amide bonds. The predicted molar refractivity (Wildman–Crippen MR) is 80.6 cm³/mol. The maximum Gasteiger partial charge on any atom is 0.326 e. The van der Waals surface area contributed by atoms with Crippen LogP contribution < -0.4 is 5.32 Å². The van der Waals surface area contributed by atoms with Crippen molar-refractivity contribution in [3.8, 4) is 0 Å². The van der Waals surface area contributed by atoms with Crippen molar-refractivity contribution >= 4 is 5.97 Å². The largest absolute Gasteiger partial charge is 0.468 e. The van der Waals surface area contributed by atoms with Gasteiger partial charge >= 0.3 is 5.97 Å². The van der Waals surface area contributed by atoms with Gasteiger partial charge in [0.05, 0.1) is 7.11 Å². The highest BCUT2D eigenvalue weighted by Gasteiger charge is 2.48. The second-order valence-electron chi connectivity index (χ2n) is 6.64. The predicted octanol–water partition coefficient (Wildman–Crippen LogP) is 2.04. The summed E-state index contributed by atoms with van der Waals surface area (Å²) < 4.78 is 5.05. The van der Waals surface area contributed by atoms with Crippen LogP contribution >= 0.6 is 0 Å². The summed E-state index contributed by atoms with van der Waals surface area (Å²) in [6.45, 7) is 5.91. The molecule has 1 aliphatic carbocycles. The lowest BCUT2D eigenvalue weighted by atomic mass is 9.84. The molecule has 20 heavy (non-hydrogen) atoms. The number of esters is 1. The third kappa shape index (κ3) is 3.17. The highest BCUT2D eigenvalue weighted by Crippen LogP contribution is 2.39.